The summed E-state index contributed by atoms with van der Waals surface area (Å²) < 4.78 is 10.5. The number of aromatic nitrogens is 1. The van der Waals surface area contributed by atoms with E-state index in [2.05, 4.69) is 11.1 Å². The standard InChI is InChI=1S/C20H16N2O2/c1-23-18-9-16(10-19(11-18)24-2)17(12-21)8-14-7-15-5-3-4-6-20(15)22-13-14/h3-11,13H,1-2H3. The lowest BCUT2D eigenvalue weighted by Gasteiger charge is -2.08. The van der Waals surface area contributed by atoms with Crippen molar-refractivity contribution in [1.29, 1.82) is 5.26 Å². The fourth-order valence-electron chi connectivity index (χ4n) is 2.48. The van der Waals surface area contributed by atoms with Gasteiger partial charge in [-0.15, -0.1) is 0 Å². The average Bonchev–Trinajstić information content (AvgIpc) is 2.65. The van der Waals surface area contributed by atoms with Crippen LogP contribution in [0.15, 0.2) is 54.7 Å². The molecular formula is C20H16N2O2. The van der Waals surface area contributed by atoms with E-state index in [1.165, 1.54) is 0 Å². The first-order chi connectivity index (χ1) is 11.7. The number of rotatable bonds is 4. The first-order valence-electron chi connectivity index (χ1n) is 7.43. The number of fused-ring (bicyclic) bond motifs is 1. The number of pyridine rings is 1. The highest BCUT2D eigenvalue weighted by Crippen LogP contribution is 2.28. The molecule has 0 bridgehead atoms. The van der Waals surface area contributed by atoms with Gasteiger partial charge in [-0.3, -0.25) is 4.98 Å². The molecule has 0 spiro atoms. The highest BCUT2D eigenvalue weighted by Gasteiger charge is 2.07. The van der Waals surface area contributed by atoms with E-state index in [0.29, 0.717) is 17.1 Å². The van der Waals surface area contributed by atoms with Crippen LogP contribution in [0, 0.1) is 11.3 Å². The molecule has 1 aromatic heterocycles. The first kappa shape index (κ1) is 15.6. The molecular weight excluding hydrogens is 300 g/mol. The third-order valence-corrected chi connectivity index (χ3v) is 3.71. The molecule has 0 aliphatic heterocycles. The quantitative estimate of drug-likeness (QED) is 0.673. The number of ether oxygens (including phenoxy) is 2. The summed E-state index contributed by atoms with van der Waals surface area (Å²) in [5, 5.41) is 10.6. The van der Waals surface area contributed by atoms with Crippen LogP contribution in [0.25, 0.3) is 22.6 Å². The molecule has 4 nitrogen and oxygen atoms in total. The van der Waals surface area contributed by atoms with Gasteiger partial charge in [0, 0.05) is 17.6 Å². The van der Waals surface area contributed by atoms with E-state index in [1.807, 2.05) is 48.5 Å². The minimum Gasteiger partial charge on any atom is -0.497 e. The van der Waals surface area contributed by atoms with Crippen LogP contribution >= 0.6 is 0 Å². The summed E-state index contributed by atoms with van der Waals surface area (Å²) in [6, 6.07) is 17.5. The highest BCUT2D eigenvalue weighted by molar-refractivity contribution is 5.92. The molecule has 0 fully saturated rings. The van der Waals surface area contributed by atoms with Gasteiger partial charge in [-0.1, -0.05) is 18.2 Å². The minimum atomic E-state index is 0.518. The molecule has 0 saturated carbocycles. The second-order valence-electron chi connectivity index (χ2n) is 5.23. The molecule has 0 aliphatic rings. The lowest BCUT2D eigenvalue weighted by molar-refractivity contribution is 0.394. The third-order valence-electron chi connectivity index (χ3n) is 3.71. The molecule has 118 valence electrons. The van der Waals surface area contributed by atoms with Crippen molar-refractivity contribution in [3.05, 3.63) is 65.9 Å². The molecule has 0 aliphatic carbocycles. The molecule has 3 rings (SSSR count). The van der Waals surface area contributed by atoms with Gasteiger partial charge in [0.25, 0.3) is 0 Å². The van der Waals surface area contributed by atoms with Crippen molar-refractivity contribution in [2.75, 3.05) is 14.2 Å². The smallest absolute Gasteiger partial charge is 0.123 e. The summed E-state index contributed by atoms with van der Waals surface area (Å²) in [5.41, 5.74) is 3.05. The summed E-state index contributed by atoms with van der Waals surface area (Å²) >= 11 is 0. The Morgan fingerprint density at radius 1 is 1.04 bits per heavy atom. The average molecular weight is 316 g/mol. The van der Waals surface area contributed by atoms with Crippen molar-refractivity contribution in [3.8, 4) is 17.6 Å². The van der Waals surface area contributed by atoms with Crippen molar-refractivity contribution in [1.82, 2.24) is 4.98 Å². The van der Waals surface area contributed by atoms with Crippen molar-refractivity contribution < 1.29 is 9.47 Å². The Balaban J connectivity index is 2.07. The molecule has 0 atom stereocenters. The van der Waals surface area contributed by atoms with E-state index >= 15 is 0 Å². The third kappa shape index (κ3) is 3.21. The van der Waals surface area contributed by atoms with Crippen molar-refractivity contribution in [2.24, 2.45) is 0 Å². The zero-order valence-electron chi connectivity index (χ0n) is 13.5. The van der Waals surface area contributed by atoms with Gasteiger partial charge in [-0.2, -0.15) is 5.26 Å². The van der Waals surface area contributed by atoms with Gasteiger partial charge in [0.15, 0.2) is 0 Å². The second-order valence-corrected chi connectivity index (χ2v) is 5.23. The zero-order chi connectivity index (χ0) is 16.9. The fourth-order valence-corrected chi connectivity index (χ4v) is 2.48. The van der Waals surface area contributed by atoms with Crippen molar-refractivity contribution in [2.45, 2.75) is 0 Å². The summed E-state index contributed by atoms with van der Waals surface area (Å²) in [7, 11) is 3.17. The molecule has 4 heteroatoms. The summed E-state index contributed by atoms with van der Waals surface area (Å²) in [6.07, 6.45) is 3.57. The van der Waals surface area contributed by atoms with E-state index in [4.69, 9.17) is 9.47 Å². The summed E-state index contributed by atoms with van der Waals surface area (Å²) in [6.45, 7) is 0. The number of allylic oxidation sites excluding steroid dienone is 1. The lowest BCUT2D eigenvalue weighted by atomic mass is 10.0. The maximum Gasteiger partial charge on any atom is 0.123 e. The van der Waals surface area contributed by atoms with Gasteiger partial charge in [0.2, 0.25) is 0 Å². The van der Waals surface area contributed by atoms with E-state index in [9.17, 15) is 5.26 Å². The number of nitriles is 1. The van der Waals surface area contributed by atoms with Crippen LogP contribution in [-0.2, 0) is 0 Å². The van der Waals surface area contributed by atoms with Crippen molar-refractivity contribution in [3.63, 3.8) is 0 Å². The van der Waals surface area contributed by atoms with Gasteiger partial charge in [0.05, 0.1) is 31.4 Å². The number of hydrogen-bond donors (Lipinski definition) is 0. The van der Waals surface area contributed by atoms with E-state index in [-0.39, 0.29) is 0 Å². The van der Waals surface area contributed by atoms with E-state index in [0.717, 1.165) is 22.0 Å². The lowest BCUT2D eigenvalue weighted by Crippen LogP contribution is -1.91. The Bertz CT molecular complexity index is 933. The number of hydrogen-bond acceptors (Lipinski definition) is 4. The van der Waals surface area contributed by atoms with Gasteiger partial charge in [0.1, 0.15) is 11.5 Å². The Hall–Kier alpha value is -3.32. The Morgan fingerprint density at radius 2 is 1.75 bits per heavy atom. The fraction of sp³-hybridized carbons (Fsp3) is 0.100. The van der Waals surface area contributed by atoms with Gasteiger partial charge in [-0.05, 0) is 41.5 Å². The maximum absolute atomic E-state index is 9.56. The zero-order valence-corrected chi connectivity index (χ0v) is 13.5. The summed E-state index contributed by atoms with van der Waals surface area (Å²) in [4.78, 5) is 4.43. The highest BCUT2D eigenvalue weighted by atomic mass is 16.5. The predicted molar refractivity (Wildman–Crippen MR) is 94.8 cm³/mol. The minimum absolute atomic E-state index is 0.518. The Kier molecular flexibility index (Phi) is 4.44. The molecule has 3 aromatic rings. The largest absolute Gasteiger partial charge is 0.497 e. The van der Waals surface area contributed by atoms with Crippen LogP contribution in [0.4, 0.5) is 0 Å². The van der Waals surface area contributed by atoms with Gasteiger partial charge >= 0.3 is 0 Å². The summed E-state index contributed by atoms with van der Waals surface area (Å²) in [5.74, 6) is 1.28. The van der Waals surface area contributed by atoms with Gasteiger partial charge < -0.3 is 9.47 Å². The van der Waals surface area contributed by atoms with Crippen LogP contribution in [0.3, 0.4) is 0 Å². The molecule has 2 aromatic carbocycles. The molecule has 0 amide bonds. The van der Waals surface area contributed by atoms with Crippen LogP contribution in [0.1, 0.15) is 11.1 Å². The van der Waals surface area contributed by atoms with Crippen LogP contribution in [0.5, 0.6) is 11.5 Å². The predicted octanol–water partition coefficient (Wildman–Crippen LogP) is 4.32. The van der Waals surface area contributed by atoms with Crippen LogP contribution in [-0.4, -0.2) is 19.2 Å². The molecule has 0 unspecified atom stereocenters. The first-order valence-corrected chi connectivity index (χ1v) is 7.43. The normalized spacial score (nSPS) is 11.1. The molecule has 24 heavy (non-hydrogen) atoms. The maximum atomic E-state index is 9.56. The molecule has 1 heterocycles. The van der Waals surface area contributed by atoms with Crippen LogP contribution < -0.4 is 9.47 Å². The van der Waals surface area contributed by atoms with Crippen LogP contribution in [0.2, 0.25) is 0 Å². The number of para-hydroxylation sites is 1. The van der Waals surface area contributed by atoms with E-state index < -0.39 is 0 Å². The molecule has 0 saturated heterocycles. The monoisotopic (exact) mass is 316 g/mol. The number of methoxy groups -OCH3 is 2. The molecule has 0 radical (unpaired) electrons. The second kappa shape index (κ2) is 6.84. The topological polar surface area (TPSA) is 55.1 Å². The Morgan fingerprint density at radius 3 is 2.42 bits per heavy atom. The molecule has 0 N–H and O–H groups in total. The van der Waals surface area contributed by atoms with Crippen molar-refractivity contribution >= 4 is 22.6 Å². The van der Waals surface area contributed by atoms with Gasteiger partial charge in [-0.25, -0.2) is 0 Å². The SMILES string of the molecule is COc1cc(OC)cc(C(C#N)=Cc2cnc3ccccc3c2)c1. The number of benzene rings is 2. The number of nitrogens with zero attached hydrogens (tertiary/aromatic N) is 2. The van der Waals surface area contributed by atoms with E-state index in [1.54, 1.807) is 26.5 Å². The Labute approximate surface area is 140 Å².